The molecule has 0 heterocycles. The summed E-state index contributed by atoms with van der Waals surface area (Å²) < 4.78 is 15.6. The fourth-order valence-electron chi connectivity index (χ4n) is 3.56. The molecule has 0 saturated heterocycles. The first kappa shape index (κ1) is 21.1. The van der Waals surface area contributed by atoms with E-state index in [-0.39, 0.29) is 24.3 Å². The van der Waals surface area contributed by atoms with E-state index in [2.05, 4.69) is 0 Å². The Labute approximate surface area is 161 Å². The van der Waals surface area contributed by atoms with Gasteiger partial charge in [-0.1, -0.05) is 25.7 Å². The standard InChI is InChI=1S/C21H31NO5/c1-4-27-20(23)11-12-22(17-9-7-5-6-8-10-17)21(24)16-13-18(25-2)15-19(14-16)26-3/h13-15,17H,4-12H2,1-3H3. The van der Waals surface area contributed by atoms with Gasteiger partial charge in [-0.05, 0) is 31.9 Å². The predicted molar refractivity (Wildman–Crippen MR) is 103 cm³/mol. The fourth-order valence-corrected chi connectivity index (χ4v) is 3.56. The van der Waals surface area contributed by atoms with Crippen LogP contribution in [0.25, 0.3) is 0 Å². The Morgan fingerprint density at radius 2 is 1.59 bits per heavy atom. The van der Waals surface area contributed by atoms with Gasteiger partial charge >= 0.3 is 5.97 Å². The van der Waals surface area contributed by atoms with Gasteiger partial charge in [-0.2, -0.15) is 0 Å². The van der Waals surface area contributed by atoms with Crippen molar-refractivity contribution >= 4 is 11.9 Å². The van der Waals surface area contributed by atoms with E-state index < -0.39 is 0 Å². The Balaban J connectivity index is 2.24. The molecule has 0 unspecified atom stereocenters. The smallest absolute Gasteiger partial charge is 0.307 e. The van der Waals surface area contributed by atoms with Gasteiger partial charge < -0.3 is 19.1 Å². The number of amides is 1. The normalized spacial score (nSPS) is 14.9. The lowest BCUT2D eigenvalue weighted by atomic mass is 10.0. The molecule has 1 aliphatic carbocycles. The van der Waals surface area contributed by atoms with Crippen molar-refractivity contribution in [2.45, 2.75) is 57.9 Å². The lowest BCUT2D eigenvalue weighted by molar-refractivity contribution is -0.143. The first-order chi connectivity index (χ1) is 13.1. The predicted octanol–water partition coefficient (Wildman–Crippen LogP) is 3.82. The molecular formula is C21H31NO5. The highest BCUT2D eigenvalue weighted by atomic mass is 16.5. The molecule has 0 aliphatic heterocycles. The first-order valence-corrected chi connectivity index (χ1v) is 9.78. The van der Waals surface area contributed by atoms with Crippen LogP contribution in [0.4, 0.5) is 0 Å². The van der Waals surface area contributed by atoms with Gasteiger partial charge in [-0.3, -0.25) is 9.59 Å². The second-order valence-corrected chi connectivity index (χ2v) is 6.80. The minimum Gasteiger partial charge on any atom is -0.497 e. The summed E-state index contributed by atoms with van der Waals surface area (Å²) in [5.74, 6) is 0.781. The molecule has 6 nitrogen and oxygen atoms in total. The van der Waals surface area contributed by atoms with Crippen LogP contribution in [0.1, 0.15) is 62.2 Å². The number of methoxy groups -OCH3 is 2. The molecule has 1 fully saturated rings. The van der Waals surface area contributed by atoms with Gasteiger partial charge in [0.1, 0.15) is 11.5 Å². The number of ether oxygens (including phenoxy) is 3. The van der Waals surface area contributed by atoms with Crippen molar-refractivity contribution in [3.8, 4) is 11.5 Å². The topological polar surface area (TPSA) is 65.1 Å². The molecule has 150 valence electrons. The Hall–Kier alpha value is -2.24. The second kappa shape index (κ2) is 10.8. The van der Waals surface area contributed by atoms with Crippen LogP contribution in [0, 0.1) is 0 Å². The number of benzene rings is 1. The van der Waals surface area contributed by atoms with Crippen LogP contribution in [0.2, 0.25) is 0 Å². The molecule has 0 radical (unpaired) electrons. The molecule has 1 saturated carbocycles. The number of carbonyl (C=O) groups excluding carboxylic acids is 2. The second-order valence-electron chi connectivity index (χ2n) is 6.80. The highest BCUT2D eigenvalue weighted by Gasteiger charge is 2.27. The molecule has 6 heteroatoms. The summed E-state index contributed by atoms with van der Waals surface area (Å²) in [6, 6.07) is 5.33. The number of carbonyl (C=O) groups is 2. The average molecular weight is 377 g/mol. The van der Waals surface area contributed by atoms with Crippen molar-refractivity contribution in [1.29, 1.82) is 0 Å². The largest absolute Gasteiger partial charge is 0.497 e. The Morgan fingerprint density at radius 1 is 1.00 bits per heavy atom. The number of nitrogens with zero attached hydrogens (tertiary/aromatic N) is 1. The van der Waals surface area contributed by atoms with Crippen LogP contribution in [-0.4, -0.2) is 50.2 Å². The zero-order valence-electron chi connectivity index (χ0n) is 16.7. The third-order valence-electron chi connectivity index (χ3n) is 4.99. The van der Waals surface area contributed by atoms with E-state index in [1.807, 2.05) is 4.90 Å². The van der Waals surface area contributed by atoms with Crippen LogP contribution in [0.5, 0.6) is 11.5 Å². The summed E-state index contributed by atoms with van der Waals surface area (Å²) in [4.78, 5) is 27.0. The zero-order valence-corrected chi connectivity index (χ0v) is 16.7. The summed E-state index contributed by atoms with van der Waals surface area (Å²) in [6.07, 6.45) is 6.75. The van der Waals surface area contributed by atoms with Crippen molar-refractivity contribution in [3.63, 3.8) is 0 Å². The maximum absolute atomic E-state index is 13.3. The van der Waals surface area contributed by atoms with Crippen LogP contribution >= 0.6 is 0 Å². The molecule has 0 atom stereocenters. The molecule has 0 spiro atoms. The van der Waals surface area contributed by atoms with Crippen LogP contribution in [0.3, 0.4) is 0 Å². The highest BCUT2D eigenvalue weighted by Crippen LogP contribution is 2.27. The molecule has 2 rings (SSSR count). The minimum absolute atomic E-state index is 0.0941. The summed E-state index contributed by atoms with van der Waals surface area (Å²) in [7, 11) is 3.12. The van der Waals surface area contributed by atoms with Crippen molar-refractivity contribution in [2.75, 3.05) is 27.4 Å². The van der Waals surface area contributed by atoms with E-state index in [1.54, 1.807) is 39.3 Å². The van der Waals surface area contributed by atoms with E-state index >= 15 is 0 Å². The summed E-state index contributed by atoms with van der Waals surface area (Å²) >= 11 is 0. The fraction of sp³-hybridized carbons (Fsp3) is 0.619. The van der Waals surface area contributed by atoms with Crippen molar-refractivity contribution in [3.05, 3.63) is 23.8 Å². The molecule has 0 N–H and O–H groups in total. The first-order valence-electron chi connectivity index (χ1n) is 9.78. The molecule has 1 aliphatic rings. The number of rotatable bonds is 8. The number of hydrogen-bond donors (Lipinski definition) is 0. The van der Waals surface area contributed by atoms with Crippen molar-refractivity contribution in [2.24, 2.45) is 0 Å². The third kappa shape index (κ3) is 6.15. The summed E-state index contributed by atoms with van der Waals surface area (Å²) in [5, 5.41) is 0. The van der Waals surface area contributed by atoms with Gasteiger partial charge in [0, 0.05) is 24.2 Å². The molecule has 27 heavy (non-hydrogen) atoms. The summed E-state index contributed by atoms with van der Waals surface area (Å²) in [6.45, 7) is 2.50. The molecule has 1 aromatic rings. The monoisotopic (exact) mass is 377 g/mol. The minimum atomic E-state index is -0.271. The van der Waals surface area contributed by atoms with Gasteiger partial charge in [0.05, 0.1) is 27.2 Å². The van der Waals surface area contributed by atoms with E-state index in [1.165, 1.54) is 12.8 Å². The highest BCUT2D eigenvalue weighted by molar-refractivity contribution is 5.95. The quantitative estimate of drug-likeness (QED) is 0.509. The number of esters is 1. The van der Waals surface area contributed by atoms with Gasteiger partial charge in [0.25, 0.3) is 5.91 Å². The molecule has 0 bridgehead atoms. The van der Waals surface area contributed by atoms with E-state index in [9.17, 15) is 9.59 Å². The Morgan fingerprint density at radius 3 is 2.11 bits per heavy atom. The maximum Gasteiger partial charge on any atom is 0.307 e. The van der Waals surface area contributed by atoms with Crippen LogP contribution in [-0.2, 0) is 9.53 Å². The van der Waals surface area contributed by atoms with Gasteiger partial charge in [0.15, 0.2) is 0 Å². The Bertz CT molecular complexity index is 601. The van der Waals surface area contributed by atoms with Gasteiger partial charge in [-0.15, -0.1) is 0 Å². The van der Waals surface area contributed by atoms with Gasteiger partial charge in [0.2, 0.25) is 0 Å². The van der Waals surface area contributed by atoms with E-state index in [0.717, 1.165) is 25.7 Å². The lowest BCUT2D eigenvalue weighted by Gasteiger charge is -2.31. The van der Waals surface area contributed by atoms with E-state index in [0.29, 0.717) is 30.2 Å². The number of hydrogen-bond acceptors (Lipinski definition) is 5. The average Bonchev–Trinajstić information content (AvgIpc) is 2.97. The Kier molecular flexibility index (Phi) is 8.43. The maximum atomic E-state index is 13.3. The van der Waals surface area contributed by atoms with Crippen LogP contribution in [0.15, 0.2) is 18.2 Å². The van der Waals surface area contributed by atoms with E-state index in [4.69, 9.17) is 14.2 Å². The molecule has 0 aromatic heterocycles. The SMILES string of the molecule is CCOC(=O)CCN(C(=O)c1cc(OC)cc(OC)c1)C1CCCCCC1. The van der Waals surface area contributed by atoms with Crippen LogP contribution < -0.4 is 9.47 Å². The van der Waals surface area contributed by atoms with Gasteiger partial charge in [-0.25, -0.2) is 0 Å². The zero-order chi connectivity index (χ0) is 19.6. The molecular weight excluding hydrogens is 346 g/mol. The third-order valence-corrected chi connectivity index (χ3v) is 4.99. The summed E-state index contributed by atoms with van der Waals surface area (Å²) in [5.41, 5.74) is 0.513. The molecule has 1 amide bonds. The van der Waals surface area contributed by atoms with Crippen molar-refractivity contribution < 1.29 is 23.8 Å². The lowest BCUT2D eigenvalue weighted by Crippen LogP contribution is -2.41. The van der Waals surface area contributed by atoms with Crippen molar-refractivity contribution in [1.82, 2.24) is 4.90 Å². The molecule has 1 aromatic carbocycles.